The Morgan fingerprint density at radius 3 is 2.58 bits per heavy atom. The summed E-state index contributed by atoms with van der Waals surface area (Å²) in [5.74, 6) is 0.959. The first-order valence-electron chi connectivity index (χ1n) is 9.38. The molecule has 7 nitrogen and oxygen atoms in total. The minimum absolute atomic E-state index is 0.0729. The van der Waals surface area contributed by atoms with Crippen molar-refractivity contribution in [2.45, 2.75) is 26.3 Å². The molecular weight excluding hydrogens is 352 g/mol. The molecule has 0 saturated carbocycles. The van der Waals surface area contributed by atoms with Crippen LogP contribution in [0.15, 0.2) is 18.3 Å². The standard InChI is InChI=1S/C18H28N4O3S/c1-3-20-8-10-21(11-9-20)17-13-15(5-7-19-17)18(23)22(4-2)16-6-12-26(24,25)14-16/h5,7,13,16H,3-4,6,8-12,14H2,1-2H3. The Bertz CT molecular complexity index is 745. The molecule has 1 aromatic heterocycles. The number of carbonyl (C=O) groups is 1. The van der Waals surface area contributed by atoms with Crippen LogP contribution in [0.4, 0.5) is 5.82 Å². The van der Waals surface area contributed by atoms with Gasteiger partial charge in [-0.05, 0) is 32.0 Å². The zero-order valence-electron chi connectivity index (χ0n) is 15.6. The zero-order valence-corrected chi connectivity index (χ0v) is 16.4. The van der Waals surface area contributed by atoms with Crippen LogP contribution < -0.4 is 4.90 Å². The highest BCUT2D eigenvalue weighted by Gasteiger charge is 2.34. The van der Waals surface area contributed by atoms with Crippen LogP contribution in [-0.2, 0) is 9.84 Å². The number of pyridine rings is 1. The number of piperazine rings is 1. The van der Waals surface area contributed by atoms with Gasteiger partial charge < -0.3 is 14.7 Å². The molecule has 2 saturated heterocycles. The molecule has 2 aliphatic heterocycles. The molecular formula is C18H28N4O3S. The van der Waals surface area contributed by atoms with Crippen molar-refractivity contribution in [1.82, 2.24) is 14.8 Å². The van der Waals surface area contributed by atoms with E-state index >= 15 is 0 Å². The molecule has 3 heterocycles. The molecule has 1 aromatic rings. The summed E-state index contributed by atoms with van der Waals surface area (Å²) in [4.78, 5) is 23.7. The summed E-state index contributed by atoms with van der Waals surface area (Å²) in [6.45, 7) is 9.41. The third-order valence-corrected chi connectivity index (χ3v) is 7.14. The summed E-state index contributed by atoms with van der Waals surface area (Å²) in [6.07, 6.45) is 2.20. The van der Waals surface area contributed by atoms with E-state index in [1.54, 1.807) is 17.2 Å². The maximum Gasteiger partial charge on any atom is 0.254 e. The lowest BCUT2D eigenvalue weighted by Crippen LogP contribution is -2.46. The minimum atomic E-state index is -3.02. The number of amides is 1. The van der Waals surface area contributed by atoms with Gasteiger partial charge in [-0.3, -0.25) is 4.79 Å². The van der Waals surface area contributed by atoms with E-state index in [9.17, 15) is 13.2 Å². The zero-order chi connectivity index (χ0) is 18.7. The summed E-state index contributed by atoms with van der Waals surface area (Å²) >= 11 is 0. The monoisotopic (exact) mass is 380 g/mol. The molecule has 1 amide bonds. The average Bonchev–Trinajstić information content (AvgIpc) is 3.02. The molecule has 1 atom stereocenters. The fourth-order valence-corrected chi connectivity index (χ4v) is 5.50. The molecule has 2 fully saturated rings. The number of rotatable bonds is 5. The second-order valence-corrected chi connectivity index (χ2v) is 9.20. The first kappa shape index (κ1) is 19.1. The number of carbonyl (C=O) groups excluding carboxylic acids is 1. The molecule has 0 radical (unpaired) electrons. The Kier molecular flexibility index (Phi) is 5.82. The van der Waals surface area contributed by atoms with E-state index in [2.05, 4.69) is 21.7 Å². The Labute approximate surface area is 155 Å². The van der Waals surface area contributed by atoms with Crippen LogP contribution in [0.25, 0.3) is 0 Å². The minimum Gasteiger partial charge on any atom is -0.354 e. The highest BCUT2D eigenvalue weighted by molar-refractivity contribution is 7.91. The fraction of sp³-hybridized carbons (Fsp3) is 0.667. The number of likely N-dealkylation sites (N-methyl/N-ethyl adjacent to an activating group) is 1. The third kappa shape index (κ3) is 4.17. The van der Waals surface area contributed by atoms with Gasteiger partial charge in [-0.1, -0.05) is 6.92 Å². The molecule has 26 heavy (non-hydrogen) atoms. The van der Waals surface area contributed by atoms with Gasteiger partial charge in [0.15, 0.2) is 9.84 Å². The smallest absolute Gasteiger partial charge is 0.254 e. The molecule has 0 spiro atoms. The van der Waals surface area contributed by atoms with Gasteiger partial charge in [-0.15, -0.1) is 0 Å². The van der Waals surface area contributed by atoms with E-state index in [0.717, 1.165) is 38.5 Å². The van der Waals surface area contributed by atoms with E-state index in [1.807, 2.05) is 13.0 Å². The molecule has 8 heteroatoms. The third-order valence-electron chi connectivity index (χ3n) is 5.39. The molecule has 0 aromatic carbocycles. The lowest BCUT2D eigenvalue weighted by atomic mass is 10.1. The number of anilines is 1. The highest BCUT2D eigenvalue weighted by atomic mass is 32.2. The van der Waals surface area contributed by atoms with Crippen LogP contribution in [-0.4, -0.2) is 85.9 Å². The normalized spacial score (nSPS) is 23.2. The van der Waals surface area contributed by atoms with E-state index in [1.165, 1.54) is 0 Å². The van der Waals surface area contributed by atoms with Crippen LogP contribution in [0.1, 0.15) is 30.6 Å². The van der Waals surface area contributed by atoms with E-state index in [4.69, 9.17) is 0 Å². The number of hydrogen-bond donors (Lipinski definition) is 0. The van der Waals surface area contributed by atoms with Crippen molar-refractivity contribution < 1.29 is 13.2 Å². The van der Waals surface area contributed by atoms with Gasteiger partial charge in [0, 0.05) is 50.5 Å². The number of hydrogen-bond acceptors (Lipinski definition) is 6. The van der Waals surface area contributed by atoms with Crippen molar-refractivity contribution in [2.75, 3.05) is 55.7 Å². The predicted octanol–water partition coefficient (Wildman–Crippen LogP) is 0.873. The highest BCUT2D eigenvalue weighted by Crippen LogP contribution is 2.21. The Hall–Kier alpha value is -1.67. The van der Waals surface area contributed by atoms with Gasteiger partial charge in [0.05, 0.1) is 11.5 Å². The van der Waals surface area contributed by atoms with Gasteiger partial charge >= 0.3 is 0 Å². The predicted molar refractivity (Wildman–Crippen MR) is 102 cm³/mol. The van der Waals surface area contributed by atoms with Crippen molar-refractivity contribution in [1.29, 1.82) is 0 Å². The van der Waals surface area contributed by atoms with Gasteiger partial charge in [-0.25, -0.2) is 13.4 Å². The van der Waals surface area contributed by atoms with Gasteiger partial charge in [0.2, 0.25) is 0 Å². The number of sulfone groups is 1. The van der Waals surface area contributed by atoms with Crippen LogP contribution >= 0.6 is 0 Å². The first-order chi connectivity index (χ1) is 12.4. The molecule has 0 N–H and O–H groups in total. The van der Waals surface area contributed by atoms with Crippen LogP contribution in [0.2, 0.25) is 0 Å². The summed E-state index contributed by atoms with van der Waals surface area (Å²) in [7, 11) is -3.02. The molecule has 3 rings (SSSR count). The van der Waals surface area contributed by atoms with Crippen LogP contribution in [0.3, 0.4) is 0 Å². The Morgan fingerprint density at radius 1 is 1.27 bits per heavy atom. The van der Waals surface area contributed by atoms with Crippen LogP contribution in [0, 0.1) is 0 Å². The topological polar surface area (TPSA) is 73.8 Å². The van der Waals surface area contributed by atoms with E-state index < -0.39 is 9.84 Å². The second kappa shape index (κ2) is 7.92. The number of nitrogens with zero attached hydrogens (tertiary/aromatic N) is 4. The van der Waals surface area contributed by atoms with Gasteiger partial charge in [-0.2, -0.15) is 0 Å². The van der Waals surface area contributed by atoms with Crippen LogP contribution in [0.5, 0.6) is 0 Å². The SMILES string of the molecule is CCN1CCN(c2cc(C(=O)N(CC)C3CCS(=O)(=O)C3)ccn2)CC1. The molecule has 0 aliphatic carbocycles. The van der Waals surface area contributed by atoms with Crippen molar-refractivity contribution in [3.63, 3.8) is 0 Å². The maximum absolute atomic E-state index is 13.0. The van der Waals surface area contributed by atoms with Crippen molar-refractivity contribution in [3.05, 3.63) is 23.9 Å². The fourth-order valence-electron chi connectivity index (χ4n) is 3.77. The Morgan fingerprint density at radius 2 is 2.00 bits per heavy atom. The largest absolute Gasteiger partial charge is 0.354 e. The Balaban J connectivity index is 1.73. The lowest BCUT2D eigenvalue weighted by Gasteiger charge is -2.35. The van der Waals surface area contributed by atoms with Crippen molar-refractivity contribution >= 4 is 21.6 Å². The maximum atomic E-state index is 13.0. The number of aromatic nitrogens is 1. The van der Waals surface area contributed by atoms with Gasteiger partial charge in [0.1, 0.15) is 5.82 Å². The molecule has 0 bridgehead atoms. The van der Waals surface area contributed by atoms with Gasteiger partial charge in [0.25, 0.3) is 5.91 Å². The molecule has 2 aliphatic rings. The lowest BCUT2D eigenvalue weighted by molar-refractivity contribution is 0.0708. The summed E-state index contributed by atoms with van der Waals surface area (Å²) in [6, 6.07) is 3.35. The second-order valence-electron chi connectivity index (χ2n) is 6.97. The molecule has 144 valence electrons. The summed E-state index contributed by atoms with van der Waals surface area (Å²) in [5.41, 5.74) is 0.582. The first-order valence-corrected chi connectivity index (χ1v) is 11.2. The molecule has 1 unspecified atom stereocenters. The quantitative estimate of drug-likeness (QED) is 0.755. The van der Waals surface area contributed by atoms with E-state index in [0.29, 0.717) is 18.5 Å². The van der Waals surface area contributed by atoms with Crippen molar-refractivity contribution in [3.8, 4) is 0 Å². The van der Waals surface area contributed by atoms with E-state index in [-0.39, 0.29) is 23.5 Å². The summed E-state index contributed by atoms with van der Waals surface area (Å²) < 4.78 is 23.5. The average molecular weight is 381 g/mol. The van der Waals surface area contributed by atoms with Crippen molar-refractivity contribution in [2.24, 2.45) is 0 Å². The summed E-state index contributed by atoms with van der Waals surface area (Å²) in [5, 5.41) is 0.